The maximum Gasteiger partial charge on any atom is 0.472 e. The van der Waals surface area contributed by atoms with Gasteiger partial charge in [0.15, 0.2) is 42.0 Å². The SMILES string of the molecule is Cc1ccc(C(=O)Oc2ccc(CS[P@@]3(=O)OC[C@H]4O[C@@H](N5C=CC(=O)CC5=O)[C@H](F)[C@@H]4OP(=O)(O)OC[C@H]4O[C@@H](n5cnc6c(N)ncnc65)[C@H](O3)[C@@H]4F)cc2)cc1. The van der Waals surface area contributed by atoms with Gasteiger partial charge < -0.3 is 24.8 Å². The van der Waals surface area contributed by atoms with Crippen molar-refractivity contribution in [2.24, 2.45) is 0 Å². The number of amides is 1. The van der Waals surface area contributed by atoms with Crippen LogP contribution in [0.4, 0.5) is 14.6 Å². The molecule has 19 nitrogen and oxygen atoms in total. The van der Waals surface area contributed by atoms with E-state index in [4.69, 9.17) is 38.0 Å². The van der Waals surface area contributed by atoms with Crippen molar-refractivity contribution < 1.29 is 69.5 Å². The number of hydrogen-bond acceptors (Lipinski definition) is 17. The van der Waals surface area contributed by atoms with Crippen LogP contribution in [0.2, 0.25) is 0 Å². The number of anilines is 1. The van der Waals surface area contributed by atoms with Crippen molar-refractivity contribution in [1.82, 2.24) is 24.4 Å². The number of carbonyl (C=O) groups is 3. The number of phosphoric ester groups is 1. The number of alkyl halides is 2. The van der Waals surface area contributed by atoms with Gasteiger partial charge >= 0.3 is 20.6 Å². The molecule has 3 N–H and O–H groups in total. The fourth-order valence-electron chi connectivity index (χ4n) is 6.60. The predicted octanol–water partition coefficient (Wildman–Crippen LogP) is 4.51. The second-order valence-electron chi connectivity index (χ2n) is 13.7. The van der Waals surface area contributed by atoms with E-state index in [1.54, 1.807) is 36.4 Å². The second kappa shape index (κ2) is 16.5. The van der Waals surface area contributed by atoms with Crippen LogP contribution in [-0.4, -0.2) is 103 Å². The normalized spacial score (nSPS) is 32.6. The molecule has 1 unspecified atom stereocenters. The van der Waals surface area contributed by atoms with E-state index in [-0.39, 0.29) is 28.5 Å². The lowest BCUT2D eigenvalue weighted by Crippen LogP contribution is -2.44. The summed E-state index contributed by atoms with van der Waals surface area (Å²) in [6.07, 6.45) is -11.1. The zero-order valence-corrected chi connectivity index (χ0v) is 33.2. The first-order valence-electron chi connectivity index (χ1n) is 17.8. The second-order valence-corrected chi connectivity index (χ2v) is 19.1. The third-order valence-corrected chi connectivity index (χ3v) is 14.3. The lowest BCUT2D eigenvalue weighted by Gasteiger charge is -2.28. The van der Waals surface area contributed by atoms with Gasteiger partial charge in [0.25, 0.3) is 0 Å². The molecule has 4 aromatic rings. The molecule has 2 aromatic carbocycles. The molecule has 6 heterocycles. The van der Waals surface area contributed by atoms with Crippen molar-refractivity contribution in [1.29, 1.82) is 0 Å². The zero-order valence-electron chi connectivity index (χ0n) is 30.6. The number of esters is 1. The number of ether oxygens (including phenoxy) is 3. The third-order valence-electron chi connectivity index (χ3n) is 9.62. The zero-order chi connectivity index (χ0) is 41.6. The Kier molecular flexibility index (Phi) is 11.6. The molecular weight excluding hydrogens is 844 g/mol. The van der Waals surface area contributed by atoms with Crippen LogP contribution < -0.4 is 10.5 Å². The number of imidazole rings is 1. The number of ketones is 1. The predicted molar refractivity (Wildman–Crippen MR) is 201 cm³/mol. The average molecular weight is 879 g/mol. The van der Waals surface area contributed by atoms with Crippen LogP contribution in [0.3, 0.4) is 0 Å². The van der Waals surface area contributed by atoms with Crippen LogP contribution in [0.25, 0.3) is 11.2 Å². The highest BCUT2D eigenvalue weighted by molar-refractivity contribution is 8.54. The lowest BCUT2D eigenvalue weighted by molar-refractivity contribution is -0.146. The van der Waals surface area contributed by atoms with E-state index in [0.29, 0.717) is 22.5 Å². The Morgan fingerprint density at radius 3 is 2.42 bits per heavy atom. The van der Waals surface area contributed by atoms with E-state index in [1.165, 1.54) is 23.0 Å². The van der Waals surface area contributed by atoms with Gasteiger partial charge in [-0.25, -0.2) is 37.7 Å². The standard InChI is InChI=1S/C35H34F2N6O13P2S/c1-18-2-6-20(7-3-18)35(46)52-22-8-4-19(5-9-22)15-59-58(49)51-14-24-29(27(37)33(54-24)42-11-10-21(44)12-25(42)45)55-57(47,48)50-13-23-26(36)30(56-58)34(53-23)43-17-41-28-31(38)39-16-40-32(28)43/h2-11,16-17,23-24,26-27,29-30,33-34H,12-15H2,1H3,(H,47,48)(H2,38,39,40)/t23-,24-,26-,27-,29-,30-,33-,34-,58+/m1/s1. The molecular formula is C35H34F2N6O13P2S. The first kappa shape index (κ1) is 41.3. The number of aryl methyl sites for hydroxylation is 1. The molecule has 312 valence electrons. The maximum absolute atomic E-state index is 16.5. The number of hydrogen-bond donors (Lipinski definition) is 2. The molecule has 24 heteroatoms. The van der Waals surface area contributed by atoms with Crippen molar-refractivity contribution in [2.75, 3.05) is 18.9 Å². The minimum absolute atomic E-state index is 0.00849. The number of phosphoric acid groups is 1. The highest BCUT2D eigenvalue weighted by Crippen LogP contribution is 2.65. The van der Waals surface area contributed by atoms with Gasteiger partial charge in [-0.3, -0.25) is 37.2 Å². The van der Waals surface area contributed by atoms with Gasteiger partial charge in [0.05, 0.1) is 31.5 Å². The summed E-state index contributed by atoms with van der Waals surface area (Å²) in [6.45, 7) is -4.54. The van der Waals surface area contributed by atoms with E-state index < -0.39 is 101 Å². The number of allylic oxidation sites excluding steroid dienone is 1. The molecule has 4 aliphatic heterocycles. The van der Waals surface area contributed by atoms with Gasteiger partial charge in [0.1, 0.15) is 42.0 Å². The summed E-state index contributed by atoms with van der Waals surface area (Å²) < 4.78 is 101. The van der Waals surface area contributed by atoms with Gasteiger partial charge in [-0.1, -0.05) is 29.8 Å². The molecule has 2 aromatic heterocycles. The van der Waals surface area contributed by atoms with Gasteiger partial charge in [0.2, 0.25) is 5.91 Å². The van der Waals surface area contributed by atoms with E-state index >= 15 is 8.78 Å². The summed E-state index contributed by atoms with van der Waals surface area (Å²) in [5.41, 5.74) is 8.01. The average Bonchev–Trinajstić information content (AvgIpc) is 3.86. The number of nitrogens with zero attached hydrogens (tertiary/aromatic N) is 5. The smallest absolute Gasteiger partial charge is 0.423 e. The van der Waals surface area contributed by atoms with E-state index in [2.05, 4.69) is 15.0 Å². The van der Waals surface area contributed by atoms with Gasteiger partial charge in [0, 0.05) is 12.0 Å². The number of nitrogen functional groups attached to an aromatic ring is 1. The molecule has 8 rings (SSSR count). The molecule has 0 radical (unpaired) electrons. The van der Waals surface area contributed by atoms with Crippen LogP contribution in [0, 0.1) is 6.92 Å². The Labute approximate surface area is 337 Å². The lowest BCUT2D eigenvalue weighted by atomic mass is 10.1. The minimum atomic E-state index is -5.25. The Balaban J connectivity index is 1.09. The van der Waals surface area contributed by atoms with Crippen molar-refractivity contribution in [3.8, 4) is 5.75 Å². The van der Waals surface area contributed by atoms with Gasteiger partial charge in [-0.15, -0.1) is 0 Å². The van der Waals surface area contributed by atoms with Crippen LogP contribution in [0.5, 0.6) is 5.75 Å². The van der Waals surface area contributed by atoms with Gasteiger partial charge in [-0.05, 0) is 54.2 Å². The van der Waals surface area contributed by atoms with Crippen LogP contribution in [0.15, 0.2) is 73.5 Å². The number of nitrogens with two attached hydrogens (primary N) is 1. The molecule has 0 spiro atoms. The molecule has 10 atom stereocenters. The summed E-state index contributed by atoms with van der Waals surface area (Å²) in [5, 5.41) is 0. The quantitative estimate of drug-likeness (QED) is 0.112. The van der Waals surface area contributed by atoms with Crippen LogP contribution in [0.1, 0.15) is 34.1 Å². The van der Waals surface area contributed by atoms with Gasteiger partial charge in [-0.2, -0.15) is 0 Å². The molecule has 59 heavy (non-hydrogen) atoms. The van der Waals surface area contributed by atoms with Crippen LogP contribution >= 0.6 is 26.0 Å². The fourth-order valence-corrected chi connectivity index (χ4v) is 10.9. The van der Waals surface area contributed by atoms with Crippen molar-refractivity contribution >= 4 is 60.6 Å². The first-order chi connectivity index (χ1) is 28.2. The van der Waals surface area contributed by atoms with Crippen molar-refractivity contribution in [2.45, 2.75) is 68.3 Å². The Morgan fingerprint density at radius 1 is 0.949 bits per heavy atom. The Hall–Kier alpha value is -4.47. The molecule has 0 saturated carbocycles. The number of halogens is 2. The summed E-state index contributed by atoms with van der Waals surface area (Å²) in [6, 6.07) is 13.0. The minimum Gasteiger partial charge on any atom is -0.423 e. The van der Waals surface area contributed by atoms with E-state index in [1.807, 2.05) is 6.92 Å². The molecule has 2 bridgehead atoms. The molecule has 4 aliphatic rings. The molecule has 3 fully saturated rings. The summed E-state index contributed by atoms with van der Waals surface area (Å²) in [4.78, 5) is 60.9. The fraction of sp³-hybridized carbons (Fsp3) is 0.371. The topological polar surface area (TPSA) is 243 Å². The van der Waals surface area contributed by atoms with E-state index in [9.17, 15) is 28.4 Å². The summed E-state index contributed by atoms with van der Waals surface area (Å²) in [7, 11) is -5.25. The molecule has 1 amide bonds. The highest BCUT2D eigenvalue weighted by Gasteiger charge is 2.56. The Bertz CT molecular complexity index is 2390. The number of fused-ring (bicyclic) bond motifs is 4. The highest BCUT2D eigenvalue weighted by atomic mass is 32.7. The maximum atomic E-state index is 16.5. The third kappa shape index (κ3) is 8.74. The first-order valence-corrected chi connectivity index (χ1v) is 22.5. The number of aromatic nitrogens is 4. The monoisotopic (exact) mass is 878 g/mol. The van der Waals surface area contributed by atoms with Crippen molar-refractivity contribution in [3.63, 3.8) is 0 Å². The number of benzene rings is 2. The number of rotatable bonds is 7. The largest absolute Gasteiger partial charge is 0.472 e. The van der Waals surface area contributed by atoms with Crippen LogP contribution in [-0.2, 0) is 52.0 Å². The summed E-state index contributed by atoms with van der Waals surface area (Å²) in [5.74, 6) is -1.84. The summed E-state index contributed by atoms with van der Waals surface area (Å²) >= 11 is 0.608. The molecule has 0 aliphatic carbocycles. The number of carbonyl (C=O) groups excluding carboxylic acids is 3. The molecule has 3 saturated heterocycles. The van der Waals surface area contributed by atoms with E-state index in [0.717, 1.165) is 29.1 Å². The van der Waals surface area contributed by atoms with Crippen molar-refractivity contribution in [3.05, 3.63) is 90.2 Å². The Morgan fingerprint density at radius 2 is 1.68 bits per heavy atom.